The minimum absolute atomic E-state index is 0.0253. The molecule has 0 bridgehead atoms. The van der Waals surface area contributed by atoms with Crippen LogP contribution in [0.5, 0.6) is 0 Å². The fourth-order valence-electron chi connectivity index (χ4n) is 3.62. The Labute approximate surface area is 170 Å². The summed E-state index contributed by atoms with van der Waals surface area (Å²) in [5.74, 6) is -0.956. The number of fused-ring (bicyclic) bond motifs is 1. The lowest BCUT2D eigenvalue weighted by Crippen LogP contribution is -2.52. The van der Waals surface area contributed by atoms with E-state index in [2.05, 4.69) is 0 Å². The maximum absolute atomic E-state index is 12.6. The molecule has 1 aromatic rings. The Kier molecular flexibility index (Phi) is 5.83. The van der Waals surface area contributed by atoms with Crippen molar-refractivity contribution in [3.8, 4) is 0 Å². The molecule has 158 valence electrons. The van der Waals surface area contributed by atoms with Gasteiger partial charge in [-0.05, 0) is 37.1 Å². The molecule has 2 aliphatic rings. The second-order valence-corrected chi connectivity index (χ2v) is 9.21. The van der Waals surface area contributed by atoms with Gasteiger partial charge in [-0.25, -0.2) is 13.2 Å². The van der Waals surface area contributed by atoms with Gasteiger partial charge in [0.25, 0.3) is 5.91 Å². The summed E-state index contributed by atoms with van der Waals surface area (Å²) in [5.41, 5.74) is 1.60. The lowest BCUT2D eigenvalue weighted by molar-refractivity contribution is -0.144. The molecule has 0 radical (unpaired) electrons. The molecule has 1 fully saturated rings. The molecule has 1 unspecified atom stereocenters. The van der Waals surface area contributed by atoms with Crippen molar-refractivity contribution >= 4 is 33.5 Å². The molecule has 0 aromatic heterocycles. The van der Waals surface area contributed by atoms with Crippen LogP contribution in [-0.4, -0.2) is 81.1 Å². The Balaban J connectivity index is 1.62. The number of piperazine rings is 1. The van der Waals surface area contributed by atoms with Gasteiger partial charge in [-0.2, -0.15) is 0 Å². The van der Waals surface area contributed by atoms with Gasteiger partial charge in [0, 0.05) is 39.6 Å². The van der Waals surface area contributed by atoms with Gasteiger partial charge in [-0.3, -0.25) is 13.9 Å². The highest BCUT2D eigenvalue weighted by atomic mass is 32.2. The van der Waals surface area contributed by atoms with Crippen LogP contribution in [0.25, 0.3) is 0 Å². The first-order chi connectivity index (χ1) is 13.6. The van der Waals surface area contributed by atoms with Gasteiger partial charge in [0.1, 0.15) is 0 Å². The van der Waals surface area contributed by atoms with Crippen molar-refractivity contribution in [2.24, 2.45) is 0 Å². The summed E-state index contributed by atoms with van der Waals surface area (Å²) in [7, 11) is -3.36. The molecule has 9 nitrogen and oxygen atoms in total. The smallest absolute Gasteiger partial charge is 0.338 e. The zero-order valence-electron chi connectivity index (χ0n) is 16.8. The van der Waals surface area contributed by atoms with E-state index < -0.39 is 22.1 Å². The van der Waals surface area contributed by atoms with Crippen molar-refractivity contribution < 1.29 is 27.5 Å². The molecule has 3 rings (SSSR count). The predicted molar refractivity (Wildman–Crippen MR) is 106 cm³/mol. The minimum Gasteiger partial charge on any atom is -0.449 e. The largest absolute Gasteiger partial charge is 0.449 e. The molecule has 0 aliphatic carbocycles. The average Bonchev–Trinajstić information content (AvgIpc) is 3.11. The number of benzene rings is 1. The number of amides is 2. The first-order valence-electron chi connectivity index (χ1n) is 9.44. The van der Waals surface area contributed by atoms with Gasteiger partial charge in [-0.15, -0.1) is 0 Å². The summed E-state index contributed by atoms with van der Waals surface area (Å²) in [6.45, 7) is 5.09. The molecule has 1 atom stereocenters. The van der Waals surface area contributed by atoms with Gasteiger partial charge in [0.2, 0.25) is 15.9 Å². The highest BCUT2D eigenvalue weighted by Crippen LogP contribution is 2.31. The van der Waals surface area contributed by atoms with Crippen LogP contribution in [0.1, 0.15) is 29.8 Å². The van der Waals surface area contributed by atoms with Crippen LogP contribution in [0.3, 0.4) is 0 Å². The van der Waals surface area contributed by atoms with Crippen molar-refractivity contribution in [1.29, 1.82) is 0 Å². The van der Waals surface area contributed by atoms with Gasteiger partial charge in [0.15, 0.2) is 6.10 Å². The van der Waals surface area contributed by atoms with Gasteiger partial charge in [0.05, 0.1) is 17.5 Å². The number of carbonyl (C=O) groups excluding carboxylic acids is 3. The molecule has 1 aromatic carbocycles. The summed E-state index contributed by atoms with van der Waals surface area (Å²) in [5, 5.41) is 0. The van der Waals surface area contributed by atoms with E-state index in [9.17, 15) is 22.8 Å². The lowest BCUT2D eigenvalue weighted by atomic mass is 10.1. The van der Waals surface area contributed by atoms with Crippen LogP contribution in [0.4, 0.5) is 5.69 Å². The predicted octanol–water partition coefficient (Wildman–Crippen LogP) is 0.245. The SMILES string of the molecule is CC(=O)N1CCN(C(=O)C(C)OC(=O)c2ccc3c(c2)CCN3S(C)(=O)=O)CC1. The summed E-state index contributed by atoms with van der Waals surface area (Å²) < 4.78 is 30.3. The first-order valence-corrected chi connectivity index (χ1v) is 11.3. The number of esters is 1. The first kappa shape index (κ1) is 21.1. The van der Waals surface area contributed by atoms with Crippen molar-refractivity contribution in [3.05, 3.63) is 29.3 Å². The summed E-state index contributed by atoms with van der Waals surface area (Å²) in [6, 6.07) is 4.71. The van der Waals surface area contributed by atoms with Gasteiger partial charge in [-0.1, -0.05) is 0 Å². The van der Waals surface area contributed by atoms with Crippen molar-refractivity contribution in [2.75, 3.05) is 43.3 Å². The molecule has 2 aliphatic heterocycles. The molecular formula is C19H25N3O6S. The Morgan fingerprint density at radius 2 is 1.66 bits per heavy atom. The van der Waals surface area contributed by atoms with E-state index >= 15 is 0 Å². The normalized spacial score (nSPS) is 17.7. The third-order valence-corrected chi connectivity index (χ3v) is 6.42. The molecule has 0 saturated carbocycles. The summed E-state index contributed by atoms with van der Waals surface area (Å²) >= 11 is 0. The Hall–Kier alpha value is -2.62. The minimum atomic E-state index is -3.36. The number of sulfonamides is 1. The van der Waals surface area contributed by atoms with Crippen LogP contribution < -0.4 is 4.31 Å². The van der Waals surface area contributed by atoms with E-state index in [0.717, 1.165) is 11.8 Å². The van der Waals surface area contributed by atoms with E-state index in [-0.39, 0.29) is 17.4 Å². The molecule has 1 saturated heterocycles. The molecule has 0 spiro atoms. The monoisotopic (exact) mass is 423 g/mol. The number of rotatable bonds is 4. The quantitative estimate of drug-likeness (QED) is 0.643. The van der Waals surface area contributed by atoms with E-state index in [1.807, 2.05) is 0 Å². The lowest BCUT2D eigenvalue weighted by Gasteiger charge is -2.35. The molecule has 29 heavy (non-hydrogen) atoms. The maximum atomic E-state index is 12.6. The Morgan fingerprint density at radius 3 is 2.24 bits per heavy atom. The van der Waals surface area contributed by atoms with Crippen molar-refractivity contribution in [3.63, 3.8) is 0 Å². The molecule has 2 amide bonds. The fraction of sp³-hybridized carbons (Fsp3) is 0.526. The Bertz CT molecular complexity index is 937. The standard InChI is InChI=1S/C19H25N3O6S/c1-13(18(24)21-10-8-20(9-11-21)14(2)23)28-19(25)16-4-5-17-15(12-16)6-7-22(17)29(3,26)27/h4-5,12-13H,6-11H2,1-3H3. The number of anilines is 1. The van der Waals surface area contributed by atoms with E-state index in [1.54, 1.807) is 21.9 Å². The third kappa shape index (κ3) is 4.52. The van der Waals surface area contributed by atoms with Crippen molar-refractivity contribution in [2.45, 2.75) is 26.4 Å². The summed E-state index contributed by atoms with van der Waals surface area (Å²) in [4.78, 5) is 39.7. The highest BCUT2D eigenvalue weighted by molar-refractivity contribution is 7.92. The number of hydrogen-bond donors (Lipinski definition) is 0. The van der Waals surface area contributed by atoms with E-state index in [1.165, 1.54) is 24.2 Å². The van der Waals surface area contributed by atoms with Crippen LogP contribution in [0, 0.1) is 0 Å². The van der Waals surface area contributed by atoms with E-state index in [0.29, 0.717) is 44.8 Å². The topological polar surface area (TPSA) is 104 Å². The van der Waals surface area contributed by atoms with Crippen LogP contribution in [-0.2, 0) is 30.8 Å². The van der Waals surface area contributed by atoms with Crippen LogP contribution in [0.15, 0.2) is 18.2 Å². The fourth-order valence-corrected chi connectivity index (χ4v) is 4.58. The summed E-state index contributed by atoms with van der Waals surface area (Å²) in [6.07, 6.45) is 0.707. The van der Waals surface area contributed by atoms with Crippen LogP contribution in [0.2, 0.25) is 0 Å². The zero-order chi connectivity index (χ0) is 21.3. The Morgan fingerprint density at radius 1 is 1.03 bits per heavy atom. The third-order valence-electron chi connectivity index (χ3n) is 5.24. The zero-order valence-corrected chi connectivity index (χ0v) is 17.6. The molecule has 2 heterocycles. The number of ether oxygens (including phenoxy) is 1. The number of nitrogens with zero attached hydrogens (tertiary/aromatic N) is 3. The average molecular weight is 423 g/mol. The maximum Gasteiger partial charge on any atom is 0.338 e. The second-order valence-electron chi connectivity index (χ2n) is 7.31. The number of carbonyl (C=O) groups is 3. The van der Waals surface area contributed by atoms with Crippen molar-refractivity contribution in [1.82, 2.24) is 9.80 Å². The van der Waals surface area contributed by atoms with Gasteiger partial charge < -0.3 is 14.5 Å². The molecule has 10 heteroatoms. The molecular weight excluding hydrogens is 398 g/mol. The van der Waals surface area contributed by atoms with Gasteiger partial charge >= 0.3 is 5.97 Å². The second kappa shape index (κ2) is 8.02. The number of hydrogen-bond acceptors (Lipinski definition) is 6. The van der Waals surface area contributed by atoms with Crippen LogP contribution >= 0.6 is 0 Å². The molecule has 0 N–H and O–H groups in total. The van der Waals surface area contributed by atoms with E-state index in [4.69, 9.17) is 4.74 Å². The highest BCUT2D eigenvalue weighted by Gasteiger charge is 2.30.